The second-order valence-corrected chi connectivity index (χ2v) is 2.97. The maximum Gasteiger partial charge on any atom is 0.101 e. The van der Waals surface area contributed by atoms with Gasteiger partial charge in [-0.1, -0.05) is 6.07 Å². The summed E-state index contributed by atoms with van der Waals surface area (Å²) in [6, 6.07) is 7.81. The van der Waals surface area contributed by atoms with E-state index in [1.165, 1.54) is 6.20 Å². The molecule has 0 radical (unpaired) electrons. The maximum absolute atomic E-state index is 8.83. The third-order valence-corrected chi connectivity index (χ3v) is 1.84. The molecule has 0 saturated carbocycles. The molecule has 0 unspecified atom stereocenters. The van der Waals surface area contributed by atoms with Gasteiger partial charge in [-0.2, -0.15) is 5.26 Å². The minimum Gasteiger partial charge on any atom is -0.405 e. The number of aryl methyl sites for hydroxylation is 1. The Morgan fingerprint density at radius 1 is 1.57 bits per heavy atom. The van der Waals surface area contributed by atoms with E-state index in [0.29, 0.717) is 12.1 Å². The highest BCUT2D eigenvalue weighted by atomic mass is 14.9. The fraction of sp³-hybridized carbons (Fsp3) is 0.182. The fourth-order valence-corrected chi connectivity index (χ4v) is 1.14. The van der Waals surface area contributed by atoms with E-state index < -0.39 is 0 Å². The van der Waals surface area contributed by atoms with Gasteiger partial charge in [0.15, 0.2) is 0 Å². The average molecular weight is 187 g/mol. The highest BCUT2D eigenvalue weighted by Gasteiger charge is 1.99. The molecule has 0 fully saturated rings. The van der Waals surface area contributed by atoms with Gasteiger partial charge >= 0.3 is 0 Å². The van der Waals surface area contributed by atoms with E-state index in [0.717, 1.165) is 11.3 Å². The van der Waals surface area contributed by atoms with Crippen LogP contribution in [-0.4, -0.2) is 6.54 Å². The molecule has 0 aromatic heterocycles. The summed E-state index contributed by atoms with van der Waals surface area (Å²) in [5.41, 5.74) is 7.84. The molecule has 0 atom stereocenters. The summed E-state index contributed by atoms with van der Waals surface area (Å²) < 4.78 is 0. The smallest absolute Gasteiger partial charge is 0.101 e. The first-order chi connectivity index (χ1) is 6.77. The van der Waals surface area contributed by atoms with Crippen molar-refractivity contribution >= 4 is 5.69 Å². The predicted molar refractivity (Wildman–Crippen MR) is 57.7 cm³/mol. The third-order valence-electron chi connectivity index (χ3n) is 1.84. The second-order valence-electron chi connectivity index (χ2n) is 2.97. The molecular weight excluding hydrogens is 174 g/mol. The Hall–Kier alpha value is -1.95. The van der Waals surface area contributed by atoms with Crippen LogP contribution in [0.3, 0.4) is 0 Å². The zero-order valence-electron chi connectivity index (χ0n) is 8.12. The zero-order chi connectivity index (χ0) is 10.4. The molecule has 3 N–H and O–H groups in total. The van der Waals surface area contributed by atoms with Gasteiger partial charge in [0.2, 0.25) is 0 Å². The van der Waals surface area contributed by atoms with Crippen LogP contribution in [0.25, 0.3) is 0 Å². The maximum atomic E-state index is 8.83. The lowest BCUT2D eigenvalue weighted by Gasteiger charge is -2.06. The van der Waals surface area contributed by atoms with E-state index in [4.69, 9.17) is 11.0 Å². The van der Waals surface area contributed by atoms with Crippen molar-refractivity contribution in [2.24, 2.45) is 5.73 Å². The van der Waals surface area contributed by atoms with Gasteiger partial charge in [-0.15, -0.1) is 0 Å². The molecule has 0 saturated heterocycles. The molecule has 14 heavy (non-hydrogen) atoms. The molecule has 3 heteroatoms. The molecule has 1 aromatic rings. The topological polar surface area (TPSA) is 61.8 Å². The van der Waals surface area contributed by atoms with Gasteiger partial charge in [-0.25, -0.2) is 0 Å². The van der Waals surface area contributed by atoms with Gasteiger partial charge in [-0.05, 0) is 36.9 Å². The van der Waals surface area contributed by atoms with Crippen molar-refractivity contribution in [2.75, 3.05) is 11.9 Å². The molecular formula is C11H13N3. The number of nitrogens with two attached hydrogens (primary N) is 1. The normalized spacial score (nSPS) is 10.0. The van der Waals surface area contributed by atoms with Crippen molar-refractivity contribution in [3.8, 4) is 6.07 Å². The SMILES string of the molecule is Cc1ccc(C#N)c(NC/C=C/N)c1. The van der Waals surface area contributed by atoms with Crippen molar-refractivity contribution in [3.05, 3.63) is 41.6 Å². The number of rotatable bonds is 3. The summed E-state index contributed by atoms with van der Waals surface area (Å²) in [7, 11) is 0. The van der Waals surface area contributed by atoms with E-state index >= 15 is 0 Å². The summed E-state index contributed by atoms with van der Waals surface area (Å²) in [4.78, 5) is 0. The summed E-state index contributed by atoms with van der Waals surface area (Å²) in [6.07, 6.45) is 3.28. The van der Waals surface area contributed by atoms with Crippen LogP contribution in [0.5, 0.6) is 0 Å². The Morgan fingerprint density at radius 3 is 3.00 bits per heavy atom. The first-order valence-corrected chi connectivity index (χ1v) is 4.39. The first-order valence-electron chi connectivity index (χ1n) is 4.39. The number of benzene rings is 1. The molecule has 0 aliphatic heterocycles. The standard InChI is InChI=1S/C11H13N3/c1-9-3-4-10(8-13)11(7-9)14-6-2-5-12/h2-5,7,14H,6,12H2,1H3/b5-2+. The molecule has 1 rings (SSSR count). The van der Waals surface area contributed by atoms with Crippen LogP contribution in [0.1, 0.15) is 11.1 Å². The van der Waals surface area contributed by atoms with Crippen LogP contribution in [0.4, 0.5) is 5.69 Å². The lowest BCUT2D eigenvalue weighted by atomic mass is 10.1. The van der Waals surface area contributed by atoms with Crippen molar-refractivity contribution in [1.82, 2.24) is 0 Å². The van der Waals surface area contributed by atoms with E-state index in [9.17, 15) is 0 Å². The third kappa shape index (κ3) is 2.53. The molecule has 0 aliphatic rings. The summed E-state index contributed by atoms with van der Waals surface area (Å²) in [6.45, 7) is 2.62. The lowest BCUT2D eigenvalue weighted by molar-refractivity contribution is 1.29. The molecule has 3 nitrogen and oxygen atoms in total. The van der Waals surface area contributed by atoms with Crippen molar-refractivity contribution in [3.63, 3.8) is 0 Å². The van der Waals surface area contributed by atoms with Gasteiger partial charge in [0.1, 0.15) is 6.07 Å². The van der Waals surface area contributed by atoms with Crippen molar-refractivity contribution < 1.29 is 0 Å². The average Bonchev–Trinajstić information content (AvgIpc) is 2.19. The largest absolute Gasteiger partial charge is 0.405 e. The Balaban J connectivity index is 2.83. The number of nitrogens with zero attached hydrogens (tertiary/aromatic N) is 1. The summed E-state index contributed by atoms with van der Waals surface area (Å²) >= 11 is 0. The Kier molecular flexibility index (Phi) is 3.57. The highest BCUT2D eigenvalue weighted by molar-refractivity contribution is 5.59. The lowest BCUT2D eigenvalue weighted by Crippen LogP contribution is -2.01. The summed E-state index contributed by atoms with van der Waals surface area (Å²) in [5, 5.41) is 11.9. The number of hydrogen-bond acceptors (Lipinski definition) is 3. The van der Waals surface area contributed by atoms with E-state index in [-0.39, 0.29) is 0 Å². The molecule has 0 amide bonds. The van der Waals surface area contributed by atoms with E-state index in [1.54, 1.807) is 6.08 Å². The van der Waals surface area contributed by atoms with Crippen LogP contribution >= 0.6 is 0 Å². The molecule has 0 heterocycles. The van der Waals surface area contributed by atoms with Crippen LogP contribution in [0.2, 0.25) is 0 Å². The van der Waals surface area contributed by atoms with Gasteiger partial charge < -0.3 is 11.1 Å². The predicted octanol–water partition coefficient (Wildman–Crippen LogP) is 1.75. The quantitative estimate of drug-likeness (QED) is 0.757. The number of anilines is 1. The van der Waals surface area contributed by atoms with Crippen LogP contribution < -0.4 is 11.1 Å². The number of nitrogens with one attached hydrogen (secondary N) is 1. The number of hydrogen-bond donors (Lipinski definition) is 2. The van der Waals surface area contributed by atoms with Gasteiger partial charge in [-0.3, -0.25) is 0 Å². The fourth-order valence-electron chi connectivity index (χ4n) is 1.14. The Bertz CT molecular complexity index is 375. The van der Waals surface area contributed by atoms with Gasteiger partial charge in [0.25, 0.3) is 0 Å². The Morgan fingerprint density at radius 2 is 2.36 bits per heavy atom. The molecule has 1 aromatic carbocycles. The van der Waals surface area contributed by atoms with Crippen LogP contribution in [0.15, 0.2) is 30.5 Å². The van der Waals surface area contributed by atoms with Crippen LogP contribution in [0, 0.1) is 18.3 Å². The Labute approximate surface area is 83.8 Å². The highest BCUT2D eigenvalue weighted by Crippen LogP contribution is 2.15. The van der Waals surface area contributed by atoms with Crippen molar-refractivity contribution in [1.29, 1.82) is 5.26 Å². The minimum absolute atomic E-state index is 0.634. The minimum atomic E-state index is 0.634. The molecule has 0 aliphatic carbocycles. The molecule has 0 bridgehead atoms. The van der Waals surface area contributed by atoms with Gasteiger partial charge in [0, 0.05) is 6.54 Å². The monoisotopic (exact) mass is 187 g/mol. The van der Waals surface area contributed by atoms with E-state index in [2.05, 4.69) is 11.4 Å². The second kappa shape index (κ2) is 4.93. The molecule has 0 spiro atoms. The van der Waals surface area contributed by atoms with E-state index in [1.807, 2.05) is 25.1 Å². The summed E-state index contributed by atoms with van der Waals surface area (Å²) in [5.74, 6) is 0. The molecule has 72 valence electrons. The van der Waals surface area contributed by atoms with Crippen molar-refractivity contribution in [2.45, 2.75) is 6.92 Å². The van der Waals surface area contributed by atoms with Gasteiger partial charge in [0.05, 0.1) is 11.3 Å². The first kappa shape index (κ1) is 10.1. The number of nitriles is 1. The zero-order valence-corrected chi connectivity index (χ0v) is 8.12. The van der Waals surface area contributed by atoms with Crippen LogP contribution in [-0.2, 0) is 0 Å².